The number of carbonyl (C=O) groups is 1. The smallest absolute Gasteiger partial charge is 0.239 e. The third-order valence-electron chi connectivity index (χ3n) is 4.23. The van der Waals surface area contributed by atoms with Gasteiger partial charge in [-0.25, -0.2) is 0 Å². The maximum absolute atomic E-state index is 12.5. The van der Waals surface area contributed by atoms with Gasteiger partial charge in [-0.15, -0.1) is 0 Å². The molecule has 2 aliphatic heterocycles. The van der Waals surface area contributed by atoms with Gasteiger partial charge < -0.3 is 15.3 Å². The molecule has 18 heavy (non-hydrogen) atoms. The van der Waals surface area contributed by atoms with Crippen LogP contribution in [0, 0.1) is 0 Å². The molecule has 0 saturated carbocycles. The summed E-state index contributed by atoms with van der Waals surface area (Å²) in [6, 6.07) is 0.00977. The van der Waals surface area contributed by atoms with E-state index in [4.69, 9.17) is 0 Å². The monoisotopic (exact) mass is 254 g/mol. The Morgan fingerprint density at radius 1 is 1.22 bits per heavy atom. The van der Waals surface area contributed by atoms with Crippen LogP contribution in [0.5, 0.6) is 0 Å². The van der Waals surface area contributed by atoms with Gasteiger partial charge in [0.2, 0.25) is 5.91 Å². The Hall–Kier alpha value is -0.610. The highest BCUT2D eigenvalue weighted by molar-refractivity contribution is 5.82. The number of amides is 1. The van der Waals surface area contributed by atoms with Crippen LogP contribution in [0.2, 0.25) is 0 Å². The summed E-state index contributed by atoms with van der Waals surface area (Å²) in [5, 5.41) is 13.4. The zero-order chi connectivity index (χ0) is 13.0. The topological polar surface area (TPSA) is 52.6 Å². The van der Waals surface area contributed by atoms with Crippen molar-refractivity contribution in [2.24, 2.45) is 0 Å². The van der Waals surface area contributed by atoms with Gasteiger partial charge in [0, 0.05) is 13.1 Å². The quantitative estimate of drug-likeness (QED) is 0.741. The number of hydrogen-bond acceptors (Lipinski definition) is 3. The van der Waals surface area contributed by atoms with Crippen molar-refractivity contribution in [1.82, 2.24) is 10.2 Å². The summed E-state index contributed by atoms with van der Waals surface area (Å²) in [5.74, 6) is 0.245. The van der Waals surface area contributed by atoms with Crippen molar-refractivity contribution < 1.29 is 9.90 Å². The van der Waals surface area contributed by atoms with Gasteiger partial charge in [0.25, 0.3) is 0 Å². The Bertz CT molecular complexity index is 284. The number of carbonyl (C=O) groups excluding carboxylic acids is 1. The van der Waals surface area contributed by atoms with Crippen LogP contribution in [0.25, 0.3) is 0 Å². The summed E-state index contributed by atoms with van der Waals surface area (Å²) in [4.78, 5) is 14.4. The molecular weight excluding hydrogens is 228 g/mol. The van der Waals surface area contributed by atoms with Gasteiger partial charge in [0.1, 0.15) is 0 Å². The second-order valence-electron chi connectivity index (χ2n) is 6.03. The first-order chi connectivity index (χ1) is 8.58. The second kappa shape index (κ2) is 6.02. The molecule has 2 N–H and O–H groups in total. The third kappa shape index (κ3) is 3.69. The highest BCUT2D eigenvalue weighted by atomic mass is 16.3. The molecule has 4 heteroatoms. The van der Waals surface area contributed by atoms with Gasteiger partial charge in [-0.1, -0.05) is 12.8 Å². The molecule has 0 spiro atoms. The number of hydrogen-bond donors (Lipinski definition) is 2. The van der Waals surface area contributed by atoms with Gasteiger partial charge in [-0.3, -0.25) is 4.79 Å². The molecule has 2 rings (SSSR count). The molecule has 1 amide bonds. The number of rotatable bonds is 1. The van der Waals surface area contributed by atoms with Crippen molar-refractivity contribution in [3.05, 3.63) is 0 Å². The predicted molar refractivity (Wildman–Crippen MR) is 71.3 cm³/mol. The van der Waals surface area contributed by atoms with E-state index in [9.17, 15) is 9.90 Å². The molecule has 0 aromatic carbocycles. The molecule has 2 saturated heterocycles. The van der Waals surface area contributed by atoms with Gasteiger partial charge in [-0.05, 0) is 45.6 Å². The molecule has 0 bridgehead atoms. The third-order valence-corrected chi connectivity index (χ3v) is 4.23. The lowest BCUT2D eigenvalue weighted by molar-refractivity contribution is -0.133. The fraction of sp³-hybridized carbons (Fsp3) is 0.929. The molecule has 0 aromatic rings. The summed E-state index contributed by atoms with van der Waals surface area (Å²) in [7, 11) is 0. The molecule has 2 atom stereocenters. The molecule has 2 heterocycles. The Morgan fingerprint density at radius 2 is 2.06 bits per heavy atom. The summed E-state index contributed by atoms with van der Waals surface area (Å²) < 4.78 is 0. The van der Waals surface area contributed by atoms with E-state index >= 15 is 0 Å². The maximum Gasteiger partial charge on any atom is 0.239 e. The normalized spacial score (nSPS) is 34.8. The van der Waals surface area contributed by atoms with Crippen LogP contribution in [-0.2, 0) is 4.79 Å². The van der Waals surface area contributed by atoms with Crippen LogP contribution < -0.4 is 5.32 Å². The summed E-state index contributed by atoms with van der Waals surface area (Å²) in [6.45, 7) is 4.34. The zero-order valence-corrected chi connectivity index (χ0v) is 11.5. The van der Waals surface area contributed by atoms with E-state index in [1.54, 1.807) is 0 Å². The van der Waals surface area contributed by atoms with Crippen molar-refractivity contribution in [3.8, 4) is 0 Å². The SMILES string of the molecule is CC1(O)CCCN(C(=O)C2CCCCCN2)CC1. The molecule has 2 aliphatic rings. The first-order valence-electron chi connectivity index (χ1n) is 7.33. The Kier molecular flexibility index (Phi) is 4.62. The van der Waals surface area contributed by atoms with Crippen LogP contribution in [0.1, 0.15) is 51.9 Å². The largest absolute Gasteiger partial charge is 0.390 e. The molecule has 4 nitrogen and oxygen atoms in total. The van der Waals surface area contributed by atoms with Crippen molar-refractivity contribution in [3.63, 3.8) is 0 Å². The lowest BCUT2D eigenvalue weighted by Gasteiger charge is -2.26. The summed E-state index contributed by atoms with van der Waals surface area (Å²) in [6.07, 6.45) is 6.93. The lowest BCUT2D eigenvalue weighted by atomic mass is 9.98. The van der Waals surface area contributed by atoms with Gasteiger partial charge in [0.15, 0.2) is 0 Å². The average molecular weight is 254 g/mol. The van der Waals surface area contributed by atoms with Crippen LogP contribution in [0.3, 0.4) is 0 Å². The number of nitrogens with zero attached hydrogens (tertiary/aromatic N) is 1. The first kappa shape index (κ1) is 13.8. The Morgan fingerprint density at radius 3 is 2.89 bits per heavy atom. The highest BCUT2D eigenvalue weighted by Crippen LogP contribution is 2.22. The summed E-state index contributed by atoms with van der Waals surface area (Å²) in [5.41, 5.74) is -0.591. The van der Waals surface area contributed by atoms with E-state index in [2.05, 4.69) is 5.32 Å². The van der Waals surface area contributed by atoms with Crippen LogP contribution in [0.4, 0.5) is 0 Å². The van der Waals surface area contributed by atoms with Crippen LogP contribution in [-0.4, -0.2) is 47.2 Å². The Labute approximate surface area is 110 Å². The van der Waals surface area contributed by atoms with E-state index in [-0.39, 0.29) is 11.9 Å². The molecular formula is C14H26N2O2. The second-order valence-corrected chi connectivity index (χ2v) is 6.03. The van der Waals surface area contributed by atoms with Gasteiger partial charge in [-0.2, -0.15) is 0 Å². The van der Waals surface area contributed by atoms with E-state index in [1.165, 1.54) is 12.8 Å². The van der Waals surface area contributed by atoms with Crippen molar-refractivity contribution in [2.75, 3.05) is 19.6 Å². The van der Waals surface area contributed by atoms with Gasteiger partial charge >= 0.3 is 0 Å². The summed E-state index contributed by atoms with van der Waals surface area (Å²) >= 11 is 0. The average Bonchev–Trinajstić information content (AvgIpc) is 2.68. The minimum Gasteiger partial charge on any atom is -0.390 e. The van der Waals surface area contributed by atoms with E-state index in [0.29, 0.717) is 13.0 Å². The van der Waals surface area contributed by atoms with Crippen molar-refractivity contribution in [2.45, 2.75) is 63.5 Å². The fourth-order valence-corrected chi connectivity index (χ4v) is 2.94. The number of aliphatic hydroxyl groups is 1. The predicted octanol–water partition coefficient (Wildman–Crippen LogP) is 1.28. The van der Waals surface area contributed by atoms with Crippen LogP contribution in [0.15, 0.2) is 0 Å². The van der Waals surface area contributed by atoms with Crippen molar-refractivity contribution in [1.29, 1.82) is 0 Å². The van der Waals surface area contributed by atoms with E-state index in [0.717, 1.165) is 38.8 Å². The minimum absolute atomic E-state index is 0.00977. The zero-order valence-electron chi connectivity index (χ0n) is 11.5. The molecule has 2 unspecified atom stereocenters. The van der Waals surface area contributed by atoms with E-state index < -0.39 is 5.60 Å². The minimum atomic E-state index is -0.591. The van der Waals surface area contributed by atoms with Gasteiger partial charge in [0.05, 0.1) is 11.6 Å². The number of nitrogens with one attached hydrogen (secondary N) is 1. The van der Waals surface area contributed by atoms with Crippen LogP contribution >= 0.6 is 0 Å². The molecule has 0 aliphatic carbocycles. The molecule has 0 radical (unpaired) electrons. The van der Waals surface area contributed by atoms with Crippen molar-refractivity contribution >= 4 is 5.91 Å². The molecule has 0 aromatic heterocycles. The first-order valence-corrected chi connectivity index (χ1v) is 7.33. The maximum atomic E-state index is 12.5. The standard InChI is InChI=1S/C14H26N2O2/c1-14(18)7-5-10-16(11-8-14)13(17)12-6-3-2-4-9-15-12/h12,15,18H,2-11H2,1H3. The number of likely N-dealkylation sites (tertiary alicyclic amines) is 1. The van der Waals surface area contributed by atoms with E-state index in [1.807, 2.05) is 11.8 Å². The Balaban J connectivity index is 1.91. The highest BCUT2D eigenvalue weighted by Gasteiger charge is 2.30. The fourth-order valence-electron chi connectivity index (χ4n) is 2.94. The lowest BCUT2D eigenvalue weighted by Crippen LogP contribution is -2.46. The molecule has 2 fully saturated rings. The molecule has 104 valence electrons.